The number of anilines is 1. The van der Waals surface area contributed by atoms with Crippen molar-refractivity contribution in [3.63, 3.8) is 0 Å². The molecule has 96 valence electrons. The topological polar surface area (TPSA) is 54.9 Å². The molecule has 19 heavy (non-hydrogen) atoms. The zero-order valence-electron chi connectivity index (χ0n) is 10.4. The third-order valence-corrected chi connectivity index (χ3v) is 4.53. The Kier molecular flexibility index (Phi) is 3.12. The van der Waals surface area contributed by atoms with E-state index < -0.39 is 0 Å². The van der Waals surface area contributed by atoms with E-state index in [2.05, 4.69) is 26.7 Å². The maximum absolute atomic E-state index is 12.0. The zero-order chi connectivity index (χ0) is 13.4. The quantitative estimate of drug-likeness (QED) is 0.682. The second kappa shape index (κ2) is 4.79. The summed E-state index contributed by atoms with van der Waals surface area (Å²) in [5.41, 5.74) is 1.40. The molecule has 0 spiro atoms. The number of rotatable bonds is 2. The van der Waals surface area contributed by atoms with Gasteiger partial charge in [-0.15, -0.1) is 23.1 Å². The van der Waals surface area contributed by atoms with E-state index in [0.29, 0.717) is 17.2 Å². The maximum atomic E-state index is 12.0. The molecule has 0 aliphatic carbocycles. The predicted octanol–water partition coefficient (Wildman–Crippen LogP) is 3.06. The number of amides is 1. The summed E-state index contributed by atoms with van der Waals surface area (Å²) in [6.07, 6.45) is 5.63. The summed E-state index contributed by atoms with van der Waals surface area (Å²) in [5.74, 6) is 1.14. The van der Waals surface area contributed by atoms with Gasteiger partial charge < -0.3 is 5.32 Å². The first kappa shape index (κ1) is 12.4. The lowest BCUT2D eigenvalue weighted by Crippen LogP contribution is -2.04. The molecule has 0 saturated carbocycles. The molecule has 3 rings (SSSR count). The molecule has 4 nitrogen and oxygen atoms in total. The Morgan fingerprint density at radius 2 is 2.32 bits per heavy atom. The van der Waals surface area contributed by atoms with Gasteiger partial charge in [-0.05, 0) is 25.3 Å². The van der Waals surface area contributed by atoms with E-state index in [1.165, 1.54) is 4.90 Å². The van der Waals surface area contributed by atoms with E-state index in [4.69, 9.17) is 0 Å². The molecule has 0 aromatic carbocycles. The molecule has 2 aromatic rings. The van der Waals surface area contributed by atoms with Crippen LogP contribution in [0.1, 0.15) is 16.3 Å². The van der Waals surface area contributed by atoms with Crippen molar-refractivity contribution in [3.05, 3.63) is 33.9 Å². The number of hydrogen-bond acceptors (Lipinski definition) is 5. The summed E-state index contributed by atoms with van der Waals surface area (Å²) >= 11 is 3.31. The molecule has 1 N–H and O–H groups in total. The van der Waals surface area contributed by atoms with Gasteiger partial charge in [0.25, 0.3) is 5.91 Å². The Bertz CT molecular complexity index is 691. The van der Waals surface area contributed by atoms with Crippen molar-refractivity contribution in [3.8, 4) is 0 Å². The summed E-state index contributed by atoms with van der Waals surface area (Å²) in [5, 5.41) is 4.85. The van der Waals surface area contributed by atoms with Crippen LogP contribution in [0.2, 0.25) is 0 Å². The van der Waals surface area contributed by atoms with Crippen LogP contribution in [-0.4, -0.2) is 22.1 Å². The van der Waals surface area contributed by atoms with Crippen LogP contribution in [0.4, 0.5) is 5.82 Å². The lowest BCUT2D eigenvalue weighted by atomic mass is 10.1. The fourth-order valence-corrected chi connectivity index (χ4v) is 3.41. The predicted molar refractivity (Wildman–Crippen MR) is 79.4 cm³/mol. The Balaban J connectivity index is 2.04. The van der Waals surface area contributed by atoms with Gasteiger partial charge in [-0.3, -0.25) is 4.79 Å². The van der Waals surface area contributed by atoms with Crippen LogP contribution < -0.4 is 5.32 Å². The molecule has 0 saturated heterocycles. The number of nitrogens with zero attached hydrogens (tertiary/aromatic N) is 2. The number of carbonyl (C=O) groups is 1. The van der Waals surface area contributed by atoms with Gasteiger partial charge >= 0.3 is 0 Å². The van der Waals surface area contributed by atoms with Crippen molar-refractivity contribution in [2.24, 2.45) is 0 Å². The molecule has 1 amide bonds. The van der Waals surface area contributed by atoms with E-state index in [1.54, 1.807) is 36.2 Å². The van der Waals surface area contributed by atoms with Crippen LogP contribution in [0, 0.1) is 6.92 Å². The van der Waals surface area contributed by atoms with Crippen molar-refractivity contribution in [1.29, 1.82) is 0 Å². The summed E-state index contributed by atoms with van der Waals surface area (Å²) in [6.45, 7) is 1.80. The molecule has 0 atom stereocenters. The standard InChI is InChI=1S/C13H11N3OS2/c1-7-14-5-11-10(13(17)16-12(11)15-7)4-8-3-9(18-2)6-19-8/h3-6H,1-2H3,(H,14,15,16,17). The zero-order valence-corrected chi connectivity index (χ0v) is 12.1. The van der Waals surface area contributed by atoms with Crippen LogP contribution in [0.25, 0.3) is 11.6 Å². The number of fused-ring (bicyclic) bond motifs is 1. The number of aryl methyl sites for hydroxylation is 1. The molecule has 1 aliphatic rings. The maximum Gasteiger partial charge on any atom is 0.257 e. The molecule has 3 heterocycles. The van der Waals surface area contributed by atoms with E-state index in [9.17, 15) is 4.79 Å². The third kappa shape index (κ3) is 2.29. The Labute approximate surface area is 119 Å². The average Bonchev–Trinajstić information content (AvgIpc) is 2.95. The molecule has 1 aliphatic heterocycles. The van der Waals surface area contributed by atoms with Crippen molar-refractivity contribution < 1.29 is 4.79 Å². The number of carbonyl (C=O) groups excluding carboxylic acids is 1. The lowest BCUT2D eigenvalue weighted by molar-refractivity contribution is -0.110. The van der Waals surface area contributed by atoms with E-state index in [-0.39, 0.29) is 5.91 Å². The van der Waals surface area contributed by atoms with Gasteiger partial charge in [0, 0.05) is 26.9 Å². The Morgan fingerprint density at radius 1 is 1.47 bits per heavy atom. The third-order valence-electron chi connectivity index (χ3n) is 2.79. The minimum Gasteiger partial charge on any atom is -0.306 e. The first-order valence-corrected chi connectivity index (χ1v) is 7.77. The van der Waals surface area contributed by atoms with Crippen molar-refractivity contribution >= 4 is 46.5 Å². The molecule has 0 fully saturated rings. The van der Waals surface area contributed by atoms with Gasteiger partial charge in [0.05, 0.1) is 5.57 Å². The SMILES string of the molecule is CSc1csc(C=C2C(=O)Nc3nc(C)ncc32)c1. The van der Waals surface area contributed by atoms with Gasteiger partial charge in [0.15, 0.2) is 0 Å². The minimum atomic E-state index is -0.117. The van der Waals surface area contributed by atoms with Crippen LogP contribution in [0.15, 0.2) is 22.5 Å². The monoisotopic (exact) mass is 289 g/mol. The number of hydrogen-bond donors (Lipinski definition) is 1. The van der Waals surface area contributed by atoms with Crippen LogP contribution >= 0.6 is 23.1 Å². The van der Waals surface area contributed by atoms with Crippen LogP contribution in [-0.2, 0) is 4.79 Å². The molecule has 2 aromatic heterocycles. The fraction of sp³-hybridized carbons (Fsp3) is 0.154. The lowest BCUT2D eigenvalue weighted by Gasteiger charge is -1.97. The van der Waals surface area contributed by atoms with E-state index in [1.807, 2.05) is 12.3 Å². The van der Waals surface area contributed by atoms with E-state index >= 15 is 0 Å². The first-order valence-electron chi connectivity index (χ1n) is 5.67. The second-order valence-electron chi connectivity index (χ2n) is 4.08. The Hall–Kier alpha value is -1.66. The summed E-state index contributed by atoms with van der Waals surface area (Å²) in [7, 11) is 0. The average molecular weight is 289 g/mol. The molecule has 0 radical (unpaired) electrons. The highest BCUT2D eigenvalue weighted by Gasteiger charge is 2.26. The molecular formula is C13H11N3OS2. The summed E-state index contributed by atoms with van der Waals surface area (Å²) < 4.78 is 0. The number of nitrogens with one attached hydrogen (secondary N) is 1. The molecule has 6 heteroatoms. The summed E-state index contributed by atoms with van der Waals surface area (Å²) in [6, 6.07) is 2.07. The van der Waals surface area contributed by atoms with Gasteiger partial charge in [-0.2, -0.15) is 0 Å². The highest BCUT2D eigenvalue weighted by atomic mass is 32.2. The minimum absolute atomic E-state index is 0.117. The molecular weight excluding hydrogens is 278 g/mol. The van der Waals surface area contributed by atoms with Crippen LogP contribution in [0.3, 0.4) is 0 Å². The highest BCUT2D eigenvalue weighted by Crippen LogP contribution is 2.33. The molecule has 0 unspecified atom stereocenters. The smallest absolute Gasteiger partial charge is 0.257 e. The van der Waals surface area contributed by atoms with Crippen LogP contribution in [0.5, 0.6) is 0 Å². The Morgan fingerprint density at radius 3 is 3.05 bits per heavy atom. The molecule has 0 bridgehead atoms. The van der Waals surface area contributed by atoms with Crippen molar-refractivity contribution in [2.45, 2.75) is 11.8 Å². The largest absolute Gasteiger partial charge is 0.306 e. The number of thioether (sulfide) groups is 1. The second-order valence-corrected chi connectivity index (χ2v) is 5.90. The van der Waals surface area contributed by atoms with Crippen molar-refractivity contribution in [2.75, 3.05) is 11.6 Å². The number of aromatic nitrogens is 2. The first-order chi connectivity index (χ1) is 9.17. The number of thiophene rings is 1. The van der Waals surface area contributed by atoms with Gasteiger partial charge in [-0.1, -0.05) is 0 Å². The van der Waals surface area contributed by atoms with Gasteiger partial charge in [0.1, 0.15) is 11.6 Å². The van der Waals surface area contributed by atoms with Gasteiger partial charge in [0.2, 0.25) is 0 Å². The summed E-state index contributed by atoms with van der Waals surface area (Å²) in [4.78, 5) is 22.6. The fourth-order valence-electron chi connectivity index (χ4n) is 1.86. The van der Waals surface area contributed by atoms with Gasteiger partial charge in [-0.25, -0.2) is 9.97 Å². The van der Waals surface area contributed by atoms with Crippen molar-refractivity contribution in [1.82, 2.24) is 9.97 Å². The highest BCUT2D eigenvalue weighted by molar-refractivity contribution is 7.98. The van der Waals surface area contributed by atoms with E-state index in [0.717, 1.165) is 10.4 Å². The normalized spacial score (nSPS) is 15.7.